The van der Waals surface area contributed by atoms with Crippen LogP contribution in [0.5, 0.6) is 11.5 Å². The SMILES string of the molecule is CCNN1C(=O)/C(=C\c2ccc(OC)c(OC)c2C(=O)O)SC1=S. The summed E-state index contributed by atoms with van der Waals surface area (Å²) in [7, 11) is 2.78. The summed E-state index contributed by atoms with van der Waals surface area (Å²) < 4.78 is 10.7. The summed E-state index contributed by atoms with van der Waals surface area (Å²) in [5, 5.41) is 10.8. The van der Waals surface area contributed by atoms with Crippen molar-refractivity contribution in [1.82, 2.24) is 10.4 Å². The molecule has 0 radical (unpaired) electrons. The number of hydrazine groups is 1. The van der Waals surface area contributed by atoms with E-state index < -0.39 is 5.97 Å². The Morgan fingerprint density at radius 2 is 2.12 bits per heavy atom. The quantitative estimate of drug-likeness (QED) is 0.583. The highest BCUT2D eigenvalue weighted by Gasteiger charge is 2.32. The Morgan fingerprint density at radius 3 is 2.67 bits per heavy atom. The molecule has 1 heterocycles. The molecule has 0 saturated carbocycles. The first kappa shape index (κ1) is 18.2. The molecule has 9 heteroatoms. The number of methoxy groups -OCH3 is 2. The lowest BCUT2D eigenvalue weighted by Crippen LogP contribution is -2.40. The first-order chi connectivity index (χ1) is 11.4. The monoisotopic (exact) mass is 368 g/mol. The van der Waals surface area contributed by atoms with Crippen LogP contribution in [0.1, 0.15) is 22.8 Å². The third-order valence-corrected chi connectivity index (χ3v) is 4.49. The van der Waals surface area contributed by atoms with Crippen molar-refractivity contribution in [3.8, 4) is 11.5 Å². The fraction of sp³-hybridized carbons (Fsp3) is 0.267. The molecule has 1 aromatic rings. The maximum atomic E-state index is 12.4. The number of hydrogen-bond donors (Lipinski definition) is 2. The summed E-state index contributed by atoms with van der Waals surface area (Å²) in [5.41, 5.74) is 3.11. The summed E-state index contributed by atoms with van der Waals surface area (Å²) in [6, 6.07) is 3.15. The molecule has 0 bridgehead atoms. The topological polar surface area (TPSA) is 88.1 Å². The van der Waals surface area contributed by atoms with Crippen molar-refractivity contribution in [2.75, 3.05) is 20.8 Å². The van der Waals surface area contributed by atoms with Crippen LogP contribution in [0, 0.1) is 0 Å². The largest absolute Gasteiger partial charge is 0.493 e. The molecule has 1 aliphatic rings. The summed E-state index contributed by atoms with van der Waals surface area (Å²) in [6.07, 6.45) is 1.49. The van der Waals surface area contributed by atoms with Crippen LogP contribution < -0.4 is 14.9 Å². The van der Waals surface area contributed by atoms with Gasteiger partial charge in [-0.3, -0.25) is 4.79 Å². The molecular weight excluding hydrogens is 352 g/mol. The lowest BCUT2D eigenvalue weighted by atomic mass is 10.0. The highest BCUT2D eigenvalue weighted by molar-refractivity contribution is 8.26. The molecule has 7 nitrogen and oxygen atoms in total. The number of thioether (sulfide) groups is 1. The van der Waals surface area contributed by atoms with Crippen LogP contribution in [0.3, 0.4) is 0 Å². The van der Waals surface area contributed by atoms with E-state index in [2.05, 4.69) is 5.43 Å². The number of nitrogens with zero attached hydrogens (tertiary/aromatic N) is 1. The number of hydrogen-bond acceptors (Lipinski definition) is 7. The Morgan fingerprint density at radius 1 is 1.42 bits per heavy atom. The van der Waals surface area contributed by atoms with Gasteiger partial charge in [-0.15, -0.1) is 0 Å². The van der Waals surface area contributed by atoms with Crippen molar-refractivity contribution in [2.45, 2.75) is 6.92 Å². The first-order valence-corrected chi connectivity index (χ1v) is 8.16. The average Bonchev–Trinajstić information content (AvgIpc) is 2.81. The minimum atomic E-state index is -1.18. The number of carboxylic acids is 1. The number of carbonyl (C=O) groups is 2. The number of aromatic carboxylic acids is 1. The molecule has 0 atom stereocenters. The number of thiocarbonyl (C=S) groups is 1. The van der Waals surface area contributed by atoms with E-state index in [1.807, 2.05) is 6.92 Å². The zero-order chi connectivity index (χ0) is 17.9. The van der Waals surface area contributed by atoms with Gasteiger partial charge in [-0.25, -0.2) is 15.2 Å². The van der Waals surface area contributed by atoms with E-state index >= 15 is 0 Å². The molecule has 0 spiro atoms. The van der Waals surface area contributed by atoms with Gasteiger partial charge >= 0.3 is 5.97 Å². The van der Waals surface area contributed by atoms with Gasteiger partial charge in [-0.2, -0.15) is 0 Å². The van der Waals surface area contributed by atoms with Crippen LogP contribution in [0.15, 0.2) is 17.0 Å². The van der Waals surface area contributed by atoms with Gasteiger partial charge in [0.15, 0.2) is 15.8 Å². The average molecular weight is 368 g/mol. The standard InChI is InChI=1S/C15H16N2O5S2/c1-4-16-17-13(18)10(24-15(17)23)7-8-5-6-9(21-2)12(22-3)11(8)14(19)20/h5-7,16H,4H2,1-3H3,(H,19,20)/b10-7+. The van der Waals surface area contributed by atoms with Crippen LogP contribution in [0.2, 0.25) is 0 Å². The molecule has 0 unspecified atom stereocenters. The zero-order valence-electron chi connectivity index (χ0n) is 13.3. The summed E-state index contributed by atoms with van der Waals surface area (Å²) in [5.74, 6) is -1.11. The Bertz CT molecular complexity index is 733. The van der Waals surface area contributed by atoms with Crippen molar-refractivity contribution in [2.24, 2.45) is 0 Å². The lowest BCUT2D eigenvalue weighted by molar-refractivity contribution is -0.124. The predicted octanol–water partition coefficient (Wildman–Crippen LogP) is 2.13. The van der Waals surface area contributed by atoms with Crippen LogP contribution in [0.4, 0.5) is 0 Å². The Kier molecular flexibility index (Phi) is 5.81. The number of amides is 1. The molecule has 2 rings (SSSR count). The number of rotatable bonds is 6. The van der Waals surface area contributed by atoms with E-state index in [0.717, 1.165) is 11.8 Å². The van der Waals surface area contributed by atoms with E-state index in [4.69, 9.17) is 21.7 Å². The van der Waals surface area contributed by atoms with Gasteiger partial charge in [0.1, 0.15) is 5.56 Å². The molecule has 0 aliphatic carbocycles. The van der Waals surface area contributed by atoms with Gasteiger partial charge in [-0.1, -0.05) is 37.0 Å². The predicted molar refractivity (Wildman–Crippen MR) is 95.2 cm³/mol. The fourth-order valence-electron chi connectivity index (χ4n) is 2.19. The zero-order valence-corrected chi connectivity index (χ0v) is 14.9. The normalized spacial score (nSPS) is 16.0. The third-order valence-electron chi connectivity index (χ3n) is 3.19. The molecule has 1 amide bonds. The number of nitrogens with one attached hydrogen (secondary N) is 1. The second kappa shape index (κ2) is 7.65. The van der Waals surface area contributed by atoms with Crippen molar-refractivity contribution < 1.29 is 24.2 Å². The second-order valence-electron chi connectivity index (χ2n) is 4.60. The van der Waals surface area contributed by atoms with Gasteiger partial charge in [0.2, 0.25) is 0 Å². The molecule has 2 N–H and O–H groups in total. The summed E-state index contributed by atoms with van der Waals surface area (Å²) in [6.45, 7) is 2.38. The van der Waals surface area contributed by atoms with Gasteiger partial charge in [0, 0.05) is 6.54 Å². The number of ether oxygens (including phenoxy) is 2. The van der Waals surface area contributed by atoms with Crippen LogP contribution in [-0.2, 0) is 4.79 Å². The Balaban J connectivity index is 2.52. The summed E-state index contributed by atoms with van der Waals surface area (Å²) >= 11 is 6.25. The van der Waals surface area contributed by atoms with Gasteiger partial charge < -0.3 is 14.6 Å². The number of carbonyl (C=O) groups excluding carboxylic acids is 1. The molecule has 24 heavy (non-hydrogen) atoms. The number of carboxylic acid groups (broad SMARTS) is 1. The van der Waals surface area contributed by atoms with E-state index in [0.29, 0.717) is 27.1 Å². The maximum Gasteiger partial charge on any atom is 0.340 e. The number of benzene rings is 1. The van der Waals surface area contributed by atoms with Crippen LogP contribution in [-0.4, -0.2) is 47.1 Å². The summed E-state index contributed by atoms with van der Waals surface area (Å²) in [4.78, 5) is 24.3. The van der Waals surface area contributed by atoms with E-state index in [1.165, 1.54) is 25.3 Å². The molecule has 1 aliphatic heterocycles. The van der Waals surface area contributed by atoms with Gasteiger partial charge in [0.25, 0.3) is 5.91 Å². The lowest BCUT2D eigenvalue weighted by Gasteiger charge is -2.14. The van der Waals surface area contributed by atoms with E-state index in [-0.39, 0.29) is 17.2 Å². The smallest absolute Gasteiger partial charge is 0.340 e. The highest BCUT2D eigenvalue weighted by atomic mass is 32.2. The van der Waals surface area contributed by atoms with Crippen LogP contribution in [0.25, 0.3) is 6.08 Å². The highest BCUT2D eigenvalue weighted by Crippen LogP contribution is 2.37. The third kappa shape index (κ3) is 3.37. The van der Waals surface area contributed by atoms with E-state index in [9.17, 15) is 14.7 Å². The second-order valence-corrected chi connectivity index (χ2v) is 6.28. The first-order valence-electron chi connectivity index (χ1n) is 6.94. The van der Waals surface area contributed by atoms with Crippen molar-refractivity contribution in [3.05, 3.63) is 28.2 Å². The van der Waals surface area contributed by atoms with Crippen LogP contribution >= 0.6 is 24.0 Å². The Hall–Kier alpha value is -2.10. The molecule has 1 saturated heterocycles. The fourth-order valence-corrected chi connectivity index (χ4v) is 3.39. The van der Waals surface area contributed by atoms with Crippen molar-refractivity contribution in [3.63, 3.8) is 0 Å². The molecule has 0 aromatic heterocycles. The van der Waals surface area contributed by atoms with Crippen molar-refractivity contribution >= 4 is 46.3 Å². The maximum absolute atomic E-state index is 12.4. The van der Waals surface area contributed by atoms with Gasteiger partial charge in [-0.05, 0) is 17.7 Å². The van der Waals surface area contributed by atoms with E-state index in [1.54, 1.807) is 12.1 Å². The minimum absolute atomic E-state index is 0.0782. The van der Waals surface area contributed by atoms with Gasteiger partial charge in [0.05, 0.1) is 19.1 Å². The Labute approximate surface area is 148 Å². The molecular formula is C15H16N2O5S2. The minimum Gasteiger partial charge on any atom is -0.493 e. The van der Waals surface area contributed by atoms with Crippen molar-refractivity contribution in [1.29, 1.82) is 0 Å². The molecule has 1 fully saturated rings. The molecule has 128 valence electrons. The molecule has 1 aromatic carbocycles.